The molecule has 0 aliphatic rings. The molecule has 0 fully saturated rings. The van der Waals surface area contributed by atoms with Crippen LogP contribution >= 0.6 is 0 Å². The predicted molar refractivity (Wildman–Crippen MR) is 57.5 cm³/mol. The highest BCUT2D eigenvalue weighted by Crippen LogP contribution is 2.19. The van der Waals surface area contributed by atoms with Gasteiger partial charge in [-0.3, -0.25) is 4.98 Å². The predicted octanol–water partition coefficient (Wildman–Crippen LogP) is 2.49. The molecule has 4 heteroatoms. The van der Waals surface area contributed by atoms with Crippen LogP contribution in [-0.4, -0.2) is 4.98 Å². The summed E-state index contributed by atoms with van der Waals surface area (Å²) in [6.07, 6.45) is 1.62. The molecule has 0 radical (unpaired) electrons. The summed E-state index contributed by atoms with van der Waals surface area (Å²) >= 11 is 0. The van der Waals surface area contributed by atoms with E-state index in [1.165, 1.54) is 6.07 Å². The Hall–Kier alpha value is -1.81. The number of hydrogen-bond donors (Lipinski definition) is 1. The summed E-state index contributed by atoms with van der Waals surface area (Å²) in [5, 5.41) is 0. The summed E-state index contributed by atoms with van der Waals surface area (Å²) < 4.78 is 25.7. The van der Waals surface area contributed by atoms with Crippen molar-refractivity contribution >= 4 is 0 Å². The van der Waals surface area contributed by atoms with E-state index in [0.717, 1.165) is 17.7 Å². The smallest absolute Gasteiger partial charge is 0.159 e. The highest BCUT2D eigenvalue weighted by Gasteiger charge is 2.05. The molecule has 2 nitrogen and oxygen atoms in total. The van der Waals surface area contributed by atoms with Crippen LogP contribution in [0, 0.1) is 11.6 Å². The second-order valence-corrected chi connectivity index (χ2v) is 3.38. The summed E-state index contributed by atoms with van der Waals surface area (Å²) in [6.45, 7) is 0.408. The molecule has 0 amide bonds. The minimum atomic E-state index is -0.873. The number of rotatable bonds is 2. The molecule has 1 aromatic carbocycles. The van der Waals surface area contributed by atoms with Gasteiger partial charge in [-0.2, -0.15) is 0 Å². The van der Waals surface area contributed by atoms with E-state index >= 15 is 0 Å². The van der Waals surface area contributed by atoms with Crippen LogP contribution in [0.1, 0.15) is 5.56 Å². The van der Waals surface area contributed by atoms with Crippen LogP contribution in [-0.2, 0) is 6.54 Å². The lowest BCUT2D eigenvalue weighted by molar-refractivity contribution is 0.509. The van der Waals surface area contributed by atoms with Crippen LogP contribution in [0.5, 0.6) is 0 Å². The molecular formula is C12H10F2N2. The average Bonchev–Trinajstić information content (AvgIpc) is 2.33. The molecule has 0 saturated carbocycles. The molecule has 0 spiro atoms. The van der Waals surface area contributed by atoms with Crippen molar-refractivity contribution in [2.24, 2.45) is 5.73 Å². The fourth-order valence-electron chi connectivity index (χ4n) is 1.37. The van der Waals surface area contributed by atoms with Crippen LogP contribution in [0.25, 0.3) is 11.3 Å². The van der Waals surface area contributed by atoms with E-state index in [4.69, 9.17) is 5.73 Å². The standard InChI is InChI=1S/C12H10F2N2/c13-10-3-2-9(5-11(10)14)12-4-1-8(6-15)7-16-12/h1-5,7H,6,15H2. The van der Waals surface area contributed by atoms with Crippen molar-refractivity contribution in [2.75, 3.05) is 0 Å². The van der Waals surface area contributed by atoms with Crippen molar-refractivity contribution in [3.63, 3.8) is 0 Å². The molecule has 1 heterocycles. The number of pyridine rings is 1. The van der Waals surface area contributed by atoms with E-state index in [1.54, 1.807) is 12.3 Å². The van der Waals surface area contributed by atoms with Crippen molar-refractivity contribution < 1.29 is 8.78 Å². The lowest BCUT2D eigenvalue weighted by Gasteiger charge is -2.02. The number of nitrogens with two attached hydrogens (primary N) is 1. The largest absolute Gasteiger partial charge is 0.326 e. The Labute approximate surface area is 91.7 Å². The summed E-state index contributed by atoms with van der Waals surface area (Å²) in [6, 6.07) is 7.24. The number of nitrogens with zero attached hydrogens (tertiary/aromatic N) is 1. The maximum atomic E-state index is 13.0. The Balaban J connectivity index is 2.38. The first-order chi connectivity index (χ1) is 7.70. The van der Waals surface area contributed by atoms with Gasteiger partial charge in [0.05, 0.1) is 5.69 Å². The van der Waals surface area contributed by atoms with E-state index in [9.17, 15) is 8.78 Å². The fraction of sp³-hybridized carbons (Fsp3) is 0.0833. The zero-order chi connectivity index (χ0) is 11.5. The van der Waals surface area contributed by atoms with Crippen molar-refractivity contribution in [3.8, 4) is 11.3 Å². The van der Waals surface area contributed by atoms with Gasteiger partial charge in [-0.1, -0.05) is 6.07 Å². The number of halogens is 2. The van der Waals surface area contributed by atoms with Crippen molar-refractivity contribution in [2.45, 2.75) is 6.54 Å². The summed E-state index contributed by atoms with van der Waals surface area (Å²) in [5.41, 5.74) is 7.47. The van der Waals surface area contributed by atoms with Crippen LogP contribution < -0.4 is 5.73 Å². The van der Waals surface area contributed by atoms with Crippen LogP contribution in [0.15, 0.2) is 36.5 Å². The van der Waals surface area contributed by atoms with E-state index in [1.807, 2.05) is 6.07 Å². The first-order valence-corrected chi connectivity index (χ1v) is 4.81. The maximum Gasteiger partial charge on any atom is 0.159 e. The number of aromatic nitrogens is 1. The molecule has 0 atom stereocenters. The molecule has 0 aliphatic carbocycles. The van der Waals surface area contributed by atoms with Gasteiger partial charge in [0, 0.05) is 18.3 Å². The quantitative estimate of drug-likeness (QED) is 0.844. The molecule has 2 N–H and O–H groups in total. The van der Waals surface area contributed by atoms with E-state index in [-0.39, 0.29) is 0 Å². The molecule has 0 saturated heterocycles. The van der Waals surface area contributed by atoms with Gasteiger partial charge in [0.2, 0.25) is 0 Å². The molecule has 82 valence electrons. The normalized spacial score (nSPS) is 10.4. The third kappa shape index (κ3) is 2.06. The van der Waals surface area contributed by atoms with Crippen LogP contribution in [0.2, 0.25) is 0 Å². The van der Waals surface area contributed by atoms with Gasteiger partial charge in [0.1, 0.15) is 0 Å². The number of benzene rings is 1. The Morgan fingerprint density at radius 1 is 1.06 bits per heavy atom. The summed E-state index contributed by atoms with van der Waals surface area (Å²) in [4.78, 5) is 4.12. The van der Waals surface area contributed by atoms with Gasteiger partial charge in [-0.05, 0) is 29.8 Å². The van der Waals surface area contributed by atoms with Crippen molar-refractivity contribution in [3.05, 3.63) is 53.7 Å². The van der Waals surface area contributed by atoms with E-state index in [2.05, 4.69) is 4.98 Å². The lowest BCUT2D eigenvalue weighted by Crippen LogP contribution is -1.97. The average molecular weight is 220 g/mol. The zero-order valence-electron chi connectivity index (χ0n) is 8.45. The minimum Gasteiger partial charge on any atom is -0.326 e. The van der Waals surface area contributed by atoms with Gasteiger partial charge >= 0.3 is 0 Å². The first kappa shape index (κ1) is 10.7. The Kier molecular flexibility index (Phi) is 2.92. The summed E-state index contributed by atoms with van der Waals surface area (Å²) in [5.74, 6) is -1.73. The molecule has 0 bridgehead atoms. The Morgan fingerprint density at radius 2 is 1.88 bits per heavy atom. The van der Waals surface area contributed by atoms with Crippen molar-refractivity contribution in [1.82, 2.24) is 4.98 Å². The molecule has 2 aromatic rings. The van der Waals surface area contributed by atoms with Gasteiger partial charge in [0.25, 0.3) is 0 Å². The van der Waals surface area contributed by atoms with Crippen LogP contribution in [0.4, 0.5) is 8.78 Å². The van der Waals surface area contributed by atoms with Crippen LogP contribution in [0.3, 0.4) is 0 Å². The third-order valence-corrected chi connectivity index (χ3v) is 2.28. The van der Waals surface area contributed by atoms with Gasteiger partial charge < -0.3 is 5.73 Å². The van der Waals surface area contributed by atoms with Gasteiger partial charge in [-0.25, -0.2) is 8.78 Å². The third-order valence-electron chi connectivity index (χ3n) is 2.28. The van der Waals surface area contributed by atoms with Gasteiger partial charge in [-0.15, -0.1) is 0 Å². The topological polar surface area (TPSA) is 38.9 Å². The minimum absolute atomic E-state index is 0.408. The van der Waals surface area contributed by atoms with Crippen molar-refractivity contribution in [1.29, 1.82) is 0 Å². The Morgan fingerprint density at radius 3 is 2.44 bits per heavy atom. The Bertz CT molecular complexity index is 495. The second kappa shape index (κ2) is 4.37. The monoisotopic (exact) mass is 220 g/mol. The molecule has 2 rings (SSSR count). The lowest BCUT2D eigenvalue weighted by atomic mass is 10.1. The molecule has 0 aliphatic heterocycles. The molecule has 0 unspecified atom stereocenters. The highest BCUT2D eigenvalue weighted by molar-refractivity contribution is 5.59. The highest BCUT2D eigenvalue weighted by atomic mass is 19.2. The number of hydrogen-bond acceptors (Lipinski definition) is 2. The van der Waals surface area contributed by atoms with E-state index in [0.29, 0.717) is 17.8 Å². The molecular weight excluding hydrogens is 210 g/mol. The maximum absolute atomic E-state index is 13.0. The fourth-order valence-corrected chi connectivity index (χ4v) is 1.37. The molecule has 16 heavy (non-hydrogen) atoms. The summed E-state index contributed by atoms with van der Waals surface area (Å²) in [7, 11) is 0. The second-order valence-electron chi connectivity index (χ2n) is 3.38. The van der Waals surface area contributed by atoms with Gasteiger partial charge in [0.15, 0.2) is 11.6 Å². The van der Waals surface area contributed by atoms with E-state index < -0.39 is 11.6 Å². The molecule has 1 aromatic heterocycles. The SMILES string of the molecule is NCc1ccc(-c2ccc(F)c(F)c2)nc1. The first-order valence-electron chi connectivity index (χ1n) is 4.81. The zero-order valence-corrected chi connectivity index (χ0v) is 8.45.